The van der Waals surface area contributed by atoms with Crippen LogP contribution in [0.15, 0.2) is 66.7 Å². The molecule has 0 atom stereocenters. The Labute approximate surface area is 166 Å². The molecule has 0 aliphatic carbocycles. The number of anilines is 1. The molecule has 0 unspecified atom stereocenters. The number of aromatic nitrogens is 2. The first-order valence-corrected chi connectivity index (χ1v) is 8.99. The van der Waals surface area contributed by atoms with Gasteiger partial charge in [0.15, 0.2) is 0 Å². The lowest BCUT2D eigenvalue weighted by molar-refractivity contribution is 0.102. The first-order chi connectivity index (χ1) is 13.5. The van der Waals surface area contributed by atoms with E-state index >= 15 is 0 Å². The Morgan fingerprint density at radius 2 is 1.79 bits per heavy atom. The monoisotopic (exact) mass is 391 g/mol. The van der Waals surface area contributed by atoms with Crippen molar-refractivity contribution in [3.63, 3.8) is 0 Å². The third kappa shape index (κ3) is 3.44. The lowest BCUT2D eigenvalue weighted by atomic mass is 10.00. The number of rotatable bonds is 3. The molecular formula is C22H15ClFN3O. The van der Waals surface area contributed by atoms with Crippen LogP contribution >= 0.6 is 11.6 Å². The average molecular weight is 392 g/mol. The first-order valence-electron chi connectivity index (χ1n) is 8.62. The summed E-state index contributed by atoms with van der Waals surface area (Å²) in [6.07, 6.45) is 0. The standard InChI is InChI=1S/C22H15ClFN3O/c1-13-7-9-18-16(11-13)20(21(27-26-18)14-5-3-2-4-6-14)22(28)25-19-10-8-15(24)12-17(19)23/h2-12H,1H3,(H,25,28). The van der Waals surface area contributed by atoms with Gasteiger partial charge in [-0.1, -0.05) is 53.6 Å². The van der Waals surface area contributed by atoms with Crippen LogP contribution in [-0.2, 0) is 0 Å². The van der Waals surface area contributed by atoms with Crippen LogP contribution in [-0.4, -0.2) is 16.1 Å². The predicted molar refractivity (Wildman–Crippen MR) is 109 cm³/mol. The molecule has 28 heavy (non-hydrogen) atoms. The SMILES string of the molecule is Cc1ccc2nnc(-c3ccccc3)c(C(=O)Nc3ccc(F)cc3Cl)c2c1. The fraction of sp³-hybridized carbons (Fsp3) is 0.0455. The molecule has 1 N–H and O–H groups in total. The summed E-state index contributed by atoms with van der Waals surface area (Å²) in [5.74, 6) is -0.863. The maximum Gasteiger partial charge on any atom is 0.258 e. The van der Waals surface area contributed by atoms with Crippen molar-refractivity contribution in [1.82, 2.24) is 10.2 Å². The van der Waals surface area contributed by atoms with E-state index in [1.807, 2.05) is 55.5 Å². The Kier molecular flexibility index (Phi) is 4.75. The highest BCUT2D eigenvalue weighted by atomic mass is 35.5. The largest absolute Gasteiger partial charge is 0.321 e. The molecule has 0 fully saturated rings. The fourth-order valence-electron chi connectivity index (χ4n) is 3.02. The smallest absolute Gasteiger partial charge is 0.258 e. The number of nitrogens with zero attached hydrogens (tertiary/aromatic N) is 2. The molecule has 6 heteroatoms. The van der Waals surface area contributed by atoms with Crippen molar-refractivity contribution < 1.29 is 9.18 Å². The number of hydrogen-bond acceptors (Lipinski definition) is 3. The first kappa shape index (κ1) is 18.1. The number of nitrogens with one attached hydrogen (secondary N) is 1. The minimum atomic E-state index is -0.473. The highest BCUT2D eigenvalue weighted by Crippen LogP contribution is 2.30. The van der Waals surface area contributed by atoms with E-state index in [9.17, 15) is 9.18 Å². The Morgan fingerprint density at radius 3 is 2.54 bits per heavy atom. The zero-order valence-corrected chi connectivity index (χ0v) is 15.7. The summed E-state index contributed by atoms with van der Waals surface area (Å²) in [6.45, 7) is 1.95. The lowest BCUT2D eigenvalue weighted by Gasteiger charge is -2.13. The third-order valence-electron chi connectivity index (χ3n) is 4.37. The van der Waals surface area contributed by atoms with Crippen LogP contribution in [0.3, 0.4) is 0 Å². The number of hydrogen-bond donors (Lipinski definition) is 1. The zero-order chi connectivity index (χ0) is 19.7. The number of carbonyl (C=O) groups is 1. The van der Waals surface area contributed by atoms with Crippen molar-refractivity contribution in [3.8, 4) is 11.3 Å². The molecule has 0 aliphatic rings. The van der Waals surface area contributed by atoms with E-state index in [2.05, 4.69) is 15.5 Å². The maximum absolute atomic E-state index is 13.3. The van der Waals surface area contributed by atoms with Crippen molar-refractivity contribution in [1.29, 1.82) is 0 Å². The highest BCUT2D eigenvalue weighted by Gasteiger charge is 2.20. The molecule has 4 nitrogen and oxygen atoms in total. The van der Waals surface area contributed by atoms with Gasteiger partial charge in [-0.25, -0.2) is 4.39 Å². The number of aryl methyl sites for hydroxylation is 1. The van der Waals surface area contributed by atoms with Crippen LogP contribution in [0.1, 0.15) is 15.9 Å². The van der Waals surface area contributed by atoms with Crippen LogP contribution in [0.25, 0.3) is 22.2 Å². The van der Waals surface area contributed by atoms with Crippen molar-refractivity contribution in [3.05, 3.63) is 88.7 Å². The second kappa shape index (κ2) is 7.37. The molecule has 4 aromatic rings. The van der Waals surface area contributed by atoms with Crippen LogP contribution < -0.4 is 5.32 Å². The second-order valence-corrected chi connectivity index (χ2v) is 6.80. The van der Waals surface area contributed by atoms with E-state index in [0.717, 1.165) is 17.2 Å². The average Bonchev–Trinajstić information content (AvgIpc) is 2.69. The molecule has 3 aromatic carbocycles. The lowest BCUT2D eigenvalue weighted by Crippen LogP contribution is -2.15. The Hall–Kier alpha value is -3.31. The van der Waals surface area contributed by atoms with Gasteiger partial charge in [-0.2, -0.15) is 0 Å². The van der Waals surface area contributed by atoms with Gasteiger partial charge < -0.3 is 5.32 Å². The van der Waals surface area contributed by atoms with Crippen LogP contribution in [0, 0.1) is 12.7 Å². The molecule has 0 radical (unpaired) electrons. The van der Waals surface area contributed by atoms with Crippen molar-refractivity contribution >= 4 is 34.1 Å². The zero-order valence-electron chi connectivity index (χ0n) is 14.9. The molecule has 1 heterocycles. The van der Waals surface area contributed by atoms with E-state index in [1.54, 1.807) is 0 Å². The van der Waals surface area contributed by atoms with E-state index in [1.165, 1.54) is 12.1 Å². The topological polar surface area (TPSA) is 54.9 Å². The minimum Gasteiger partial charge on any atom is -0.321 e. The molecule has 0 aliphatic heterocycles. The maximum atomic E-state index is 13.3. The summed E-state index contributed by atoms with van der Waals surface area (Å²) >= 11 is 6.08. The molecule has 0 saturated heterocycles. The van der Waals surface area contributed by atoms with Crippen LogP contribution in [0.2, 0.25) is 5.02 Å². The van der Waals surface area contributed by atoms with E-state index in [0.29, 0.717) is 27.8 Å². The van der Waals surface area contributed by atoms with Gasteiger partial charge in [0.1, 0.15) is 11.5 Å². The van der Waals surface area contributed by atoms with Gasteiger partial charge in [-0.15, -0.1) is 10.2 Å². The molecule has 1 amide bonds. The predicted octanol–water partition coefficient (Wildman–Crippen LogP) is 5.65. The van der Waals surface area contributed by atoms with Crippen molar-refractivity contribution in [2.45, 2.75) is 6.92 Å². The van der Waals surface area contributed by atoms with E-state index in [-0.39, 0.29) is 5.02 Å². The number of halogens is 2. The van der Waals surface area contributed by atoms with Gasteiger partial charge in [-0.3, -0.25) is 4.79 Å². The molecule has 1 aromatic heterocycles. The summed E-state index contributed by atoms with van der Waals surface area (Å²) in [6, 6.07) is 18.8. The van der Waals surface area contributed by atoms with E-state index in [4.69, 9.17) is 11.6 Å². The van der Waals surface area contributed by atoms with Gasteiger partial charge in [-0.05, 0) is 37.3 Å². The second-order valence-electron chi connectivity index (χ2n) is 6.39. The number of carbonyl (C=O) groups excluding carboxylic acids is 1. The fourth-order valence-corrected chi connectivity index (χ4v) is 3.24. The van der Waals surface area contributed by atoms with Gasteiger partial charge in [0.2, 0.25) is 0 Å². The molecule has 138 valence electrons. The Bertz CT molecular complexity index is 1200. The molecule has 4 rings (SSSR count). The van der Waals surface area contributed by atoms with Crippen molar-refractivity contribution in [2.75, 3.05) is 5.32 Å². The highest BCUT2D eigenvalue weighted by molar-refractivity contribution is 6.34. The molecule has 0 bridgehead atoms. The van der Waals surface area contributed by atoms with Crippen LogP contribution in [0.5, 0.6) is 0 Å². The Balaban J connectivity index is 1.89. The molecule has 0 saturated carbocycles. The van der Waals surface area contributed by atoms with Crippen molar-refractivity contribution in [2.24, 2.45) is 0 Å². The summed E-state index contributed by atoms with van der Waals surface area (Å²) in [5.41, 5.74) is 3.56. The normalized spacial score (nSPS) is 10.8. The summed E-state index contributed by atoms with van der Waals surface area (Å²) in [5, 5.41) is 12.2. The molecule has 0 spiro atoms. The van der Waals surface area contributed by atoms with Gasteiger partial charge in [0.05, 0.1) is 21.8 Å². The van der Waals surface area contributed by atoms with Gasteiger partial charge in [0, 0.05) is 10.9 Å². The quantitative estimate of drug-likeness (QED) is 0.491. The number of fused-ring (bicyclic) bond motifs is 1. The Morgan fingerprint density at radius 1 is 1.00 bits per heavy atom. The molecular weight excluding hydrogens is 377 g/mol. The third-order valence-corrected chi connectivity index (χ3v) is 4.68. The van der Waals surface area contributed by atoms with E-state index < -0.39 is 11.7 Å². The summed E-state index contributed by atoms with van der Waals surface area (Å²) in [4.78, 5) is 13.2. The number of benzene rings is 3. The van der Waals surface area contributed by atoms with Crippen LogP contribution in [0.4, 0.5) is 10.1 Å². The summed E-state index contributed by atoms with van der Waals surface area (Å²) < 4.78 is 13.3. The van der Waals surface area contributed by atoms with Gasteiger partial charge in [0.25, 0.3) is 5.91 Å². The summed E-state index contributed by atoms with van der Waals surface area (Å²) in [7, 11) is 0. The van der Waals surface area contributed by atoms with Gasteiger partial charge >= 0.3 is 0 Å². The minimum absolute atomic E-state index is 0.122. The number of amides is 1.